The quantitative estimate of drug-likeness (QED) is 0.691. The van der Waals surface area contributed by atoms with Crippen molar-refractivity contribution in [2.75, 3.05) is 19.0 Å². The number of hydrogen-bond acceptors (Lipinski definition) is 4. The van der Waals surface area contributed by atoms with Gasteiger partial charge in [-0.15, -0.1) is 0 Å². The number of hydrogen-bond donors (Lipinski definition) is 3. The number of methoxy groups -OCH3 is 1. The number of ether oxygens (including phenoxy) is 1. The minimum Gasteiger partial charge on any atom is -0.495 e. The van der Waals surface area contributed by atoms with Crippen LogP contribution in [-0.4, -0.2) is 36.5 Å². The van der Waals surface area contributed by atoms with Gasteiger partial charge in [0.25, 0.3) is 5.91 Å². The lowest BCUT2D eigenvalue weighted by Crippen LogP contribution is -2.27. The van der Waals surface area contributed by atoms with Gasteiger partial charge >= 0.3 is 5.97 Å². The maximum Gasteiger partial charge on any atom is 0.307 e. The van der Waals surface area contributed by atoms with Gasteiger partial charge < -0.3 is 20.5 Å². The lowest BCUT2D eigenvalue weighted by atomic mass is 10.1. The number of rotatable bonds is 7. The van der Waals surface area contributed by atoms with Gasteiger partial charge in [-0.3, -0.25) is 14.4 Å². The average Bonchev–Trinajstić information content (AvgIpc) is 3.15. The first-order chi connectivity index (χ1) is 12.1. The second-order valence-corrected chi connectivity index (χ2v) is 7.62. The fourth-order valence-electron chi connectivity index (χ4n) is 3.14. The van der Waals surface area contributed by atoms with Gasteiger partial charge in [0, 0.05) is 12.1 Å². The van der Waals surface area contributed by atoms with E-state index in [9.17, 15) is 19.5 Å². The summed E-state index contributed by atoms with van der Waals surface area (Å²) in [6, 6.07) is 4.76. The van der Waals surface area contributed by atoms with Crippen molar-refractivity contribution in [3.8, 4) is 5.75 Å². The molecule has 142 valence electrons. The predicted octanol–water partition coefficient (Wildman–Crippen LogP) is 2.38. The van der Waals surface area contributed by atoms with Crippen LogP contribution < -0.4 is 15.4 Å². The topological polar surface area (TPSA) is 105 Å². The van der Waals surface area contributed by atoms with Gasteiger partial charge in [-0.25, -0.2) is 0 Å². The van der Waals surface area contributed by atoms with Crippen molar-refractivity contribution in [3.63, 3.8) is 0 Å². The summed E-state index contributed by atoms with van der Waals surface area (Å²) in [5.41, 5.74) is 0.142. The number of nitrogens with one attached hydrogen (secondary N) is 2. The molecule has 0 aromatic heterocycles. The Morgan fingerprint density at radius 2 is 1.88 bits per heavy atom. The van der Waals surface area contributed by atoms with Crippen LogP contribution in [0, 0.1) is 23.2 Å². The molecule has 0 heterocycles. The van der Waals surface area contributed by atoms with Gasteiger partial charge in [-0.05, 0) is 29.5 Å². The fraction of sp³-hybridized carbons (Fsp3) is 0.526. The maximum atomic E-state index is 12.5. The Morgan fingerprint density at radius 1 is 1.23 bits per heavy atom. The molecule has 7 heteroatoms. The summed E-state index contributed by atoms with van der Waals surface area (Å²) in [4.78, 5) is 36.1. The van der Waals surface area contributed by atoms with Crippen LogP contribution in [-0.2, 0) is 9.59 Å². The van der Waals surface area contributed by atoms with Crippen molar-refractivity contribution >= 4 is 23.5 Å². The van der Waals surface area contributed by atoms with E-state index in [0.29, 0.717) is 29.5 Å². The highest BCUT2D eigenvalue weighted by molar-refractivity contribution is 6.02. The number of carboxylic acid groups (broad SMARTS) is 1. The second kappa shape index (κ2) is 7.35. The van der Waals surface area contributed by atoms with Crippen LogP contribution in [0.5, 0.6) is 5.75 Å². The Morgan fingerprint density at radius 3 is 2.38 bits per heavy atom. The first kappa shape index (κ1) is 19.8. The number of amides is 2. The molecule has 1 aliphatic rings. The molecule has 1 aromatic carbocycles. The zero-order chi connectivity index (χ0) is 19.6. The monoisotopic (exact) mass is 362 g/mol. The molecule has 3 N–H and O–H groups in total. The summed E-state index contributed by atoms with van der Waals surface area (Å²) < 4.78 is 5.24. The van der Waals surface area contributed by atoms with E-state index in [-0.39, 0.29) is 11.8 Å². The first-order valence-corrected chi connectivity index (χ1v) is 8.59. The third-order valence-corrected chi connectivity index (χ3v) is 4.77. The minimum absolute atomic E-state index is 0.244. The zero-order valence-electron chi connectivity index (χ0n) is 15.8. The van der Waals surface area contributed by atoms with Crippen molar-refractivity contribution in [1.82, 2.24) is 5.32 Å². The molecule has 0 spiro atoms. The molecule has 1 saturated carbocycles. The number of carbonyl (C=O) groups excluding carboxylic acids is 2. The molecule has 2 rings (SSSR count). The Balaban J connectivity index is 2.18. The summed E-state index contributed by atoms with van der Waals surface area (Å²) in [7, 11) is 1.46. The lowest BCUT2D eigenvalue weighted by Gasteiger charge is -2.13. The van der Waals surface area contributed by atoms with E-state index in [2.05, 4.69) is 10.6 Å². The molecule has 1 aromatic rings. The molecule has 26 heavy (non-hydrogen) atoms. The van der Waals surface area contributed by atoms with Crippen LogP contribution in [0.25, 0.3) is 0 Å². The normalized spacial score (nSPS) is 20.4. The van der Waals surface area contributed by atoms with Crippen molar-refractivity contribution in [1.29, 1.82) is 0 Å². The Bertz CT molecular complexity index is 727. The highest BCUT2D eigenvalue weighted by Crippen LogP contribution is 2.58. The third kappa shape index (κ3) is 3.98. The van der Waals surface area contributed by atoms with E-state index in [1.165, 1.54) is 13.2 Å². The Labute approximate surface area is 153 Å². The molecule has 1 aliphatic carbocycles. The fourth-order valence-corrected chi connectivity index (χ4v) is 3.14. The van der Waals surface area contributed by atoms with E-state index in [4.69, 9.17) is 4.74 Å². The van der Waals surface area contributed by atoms with Crippen LogP contribution in [0.4, 0.5) is 5.69 Å². The van der Waals surface area contributed by atoms with Gasteiger partial charge in [-0.2, -0.15) is 0 Å². The van der Waals surface area contributed by atoms with Gasteiger partial charge in [0.15, 0.2) is 0 Å². The Kier molecular flexibility index (Phi) is 5.59. The summed E-state index contributed by atoms with van der Waals surface area (Å²) in [6.07, 6.45) is 0. The molecule has 0 bridgehead atoms. The molecule has 2 atom stereocenters. The first-order valence-electron chi connectivity index (χ1n) is 8.59. The second-order valence-electron chi connectivity index (χ2n) is 7.62. The standard InChI is InChI=1S/C19H26N2O5/c1-10(2)9-20-16(22)11-6-7-13(26-5)12(8-11)21-17(23)14-15(18(24)25)19(14,3)4/h6-8,10,14-15H,9H2,1-5H3,(H,20,22)(H,21,23)(H,24,25)/t14-,15+/m0/s1. The maximum absolute atomic E-state index is 12.5. The van der Waals surface area contributed by atoms with Crippen molar-refractivity contribution in [2.45, 2.75) is 27.7 Å². The number of carbonyl (C=O) groups is 3. The largest absolute Gasteiger partial charge is 0.495 e. The van der Waals surface area contributed by atoms with E-state index in [1.54, 1.807) is 26.0 Å². The summed E-state index contributed by atoms with van der Waals surface area (Å²) in [5.74, 6) is -2.23. The van der Waals surface area contributed by atoms with Crippen molar-refractivity contribution in [3.05, 3.63) is 23.8 Å². The van der Waals surface area contributed by atoms with Crippen LogP contribution in [0.3, 0.4) is 0 Å². The van der Waals surface area contributed by atoms with E-state index in [0.717, 1.165) is 0 Å². The van der Waals surface area contributed by atoms with Crippen LogP contribution in [0.1, 0.15) is 38.1 Å². The molecular weight excluding hydrogens is 336 g/mol. The van der Waals surface area contributed by atoms with Crippen molar-refractivity contribution in [2.24, 2.45) is 23.2 Å². The van der Waals surface area contributed by atoms with Gasteiger partial charge in [0.05, 0.1) is 24.6 Å². The molecule has 1 fully saturated rings. The number of anilines is 1. The number of aliphatic carboxylic acids is 1. The third-order valence-electron chi connectivity index (χ3n) is 4.77. The van der Waals surface area contributed by atoms with E-state index < -0.39 is 23.2 Å². The van der Waals surface area contributed by atoms with Crippen LogP contribution >= 0.6 is 0 Å². The molecule has 0 aliphatic heterocycles. The average molecular weight is 362 g/mol. The van der Waals surface area contributed by atoms with Gasteiger partial charge in [0.2, 0.25) is 5.91 Å². The molecule has 0 radical (unpaired) electrons. The summed E-state index contributed by atoms with van der Waals surface area (Å²) in [6.45, 7) is 8.04. The van der Waals surface area contributed by atoms with Gasteiger partial charge in [0.1, 0.15) is 5.75 Å². The van der Waals surface area contributed by atoms with Crippen molar-refractivity contribution < 1.29 is 24.2 Å². The summed E-state index contributed by atoms with van der Waals surface area (Å²) >= 11 is 0. The SMILES string of the molecule is COc1ccc(C(=O)NCC(C)C)cc1NC(=O)[C@@H]1[C@H](C(=O)O)C1(C)C. The molecule has 7 nitrogen and oxygen atoms in total. The molecule has 2 amide bonds. The van der Waals surface area contributed by atoms with E-state index >= 15 is 0 Å². The van der Waals surface area contributed by atoms with Crippen LogP contribution in [0.2, 0.25) is 0 Å². The highest BCUT2D eigenvalue weighted by Gasteiger charge is 2.65. The lowest BCUT2D eigenvalue weighted by molar-refractivity contribution is -0.140. The minimum atomic E-state index is -0.982. The molecule has 0 saturated heterocycles. The molecule has 0 unspecified atom stereocenters. The smallest absolute Gasteiger partial charge is 0.307 e. The zero-order valence-corrected chi connectivity index (χ0v) is 15.8. The highest BCUT2D eigenvalue weighted by atomic mass is 16.5. The number of benzene rings is 1. The Hall–Kier alpha value is -2.57. The van der Waals surface area contributed by atoms with E-state index in [1.807, 2.05) is 13.8 Å². The van der Waals surface area contributed by atoms with Gasteiger partial charge in [-0.1, -0.05) is 27.7 Å². The number of carboxylic acids is 1. The molecular formula is C19H26N2O5. The summed E-state index contributed by atoms with van der Waals surface area (Å²) in [5, 5.41) is 14.8. The van der Waals surface area contributed by atoms with Crippen LogP contribution in [0.15, 0.2) is 18.2 Å². The predicted molar refractivity (Wildman–Crippen MR) is 97.2 cm³/mol.